The Kier molecular flexibility index (Phi) is 13.4. The fraction of sp³-hybridized carbons (Fsp3) is 1.00. The van der Waals surface area contributed by atoms with Crippen LogP contribution in [0.25, 0.3) is 0 Å². The summed E-state index contributed by atoms with van der Waals surface area (Å²) in [5.74, 6) is 0. The lowest BCUT2D eigenvalue weighted by Gasteiger charge is -2.33. The summed E-state index contributed by atoms with van der Waals surface area (Å²) in [5, 5.41) is 30.3. The second-order valence-corrected chi connectivity index (χ2v) is 11.7. The quantitative estimate of drug-likeness (QED) is 0.221. The molecule has 0 saturated heterocycles. The minimum Gasteiger partial charge on any atom is -0.390 e. The minimum atomic E-state index is -0.881. The average molecular weight is 465 g/mol. The largest absolute Gasteiger partial charge is 0.390 e. The molecular formula is C25H52O7. The molecule has 32 heavy (non-hydrogen) atoms. The van der Waals surface area contributed by atoms with Crippen molar-refractivity contribution < 1.29 is 34.3 Å². The van der Waals surface area contributed by atoms with Crippen molar-refractivity contribution >= 4 is 0 Å². The highest BCUT2D eigenvalue weighted by atomic mass is 16.6. The molecule has 0 aromatic rings. The van der Waals surface area contributed by atoms with Gasteiger partial charge in [-0.2, -0.15) is 0 Å². The minimum absolute atomic E-state index is 0.230. The number of aliphatic hydroxyl groups is 3. The first-order valence-electron chi connectivity index (χ1n) is 12.0. The van der Waals surface area contributed by atoms with Crippen LogP contribution < -0.4 is 0 Å². The molecule has 0 rings (SSSR count). The third-order valence-electron chi connectivity index (χ3n) is 5.88. The van der Waals surface area contributed by atoms with E-state index >= 15 is 0 Å². The summed E-state index contributed by atoms with van der Waals surface area (Å²) < 4.78 is 22.9. The zero-order chi connectivity index (χ0) is 25.2. The fourth-order valence-corrected chi connectivity index (χ4v) is 2.75. The van der Waals surface area contributed by atoms with Crippen LogP contribution in [0.4, 0.5) is 0 Å². The van der Waals surface area contributed by atoms with Crippen molar-refractivity contribution in [3.63, 3.8) is 0 Å². The standard InChI is InChI=1S/C25H52O7/c1-19(26)24(7,8)31-15-12-20(27)25(9,10)32-18-17-29-21(28)11-13-23(5,6)30-16-14-22(2,3)4/h19-21,26-28H,11-18H2,1-10H3. The second-order valence-electron chi connectivity index (χ2n) is 11.7. The normalized spacial score (nSPS) is 16.8. The summed E-state index contributed by atoms with van der Waals surface area (Å²) in [6, 6.07) is 0. The fourth-order valence-electron chi connectivity index (χ4n) is 2.75. The monoisotopic (exact) mass is 464 g/mol. The van der Waals surface area contributed by atoms with Gasteiger partial charge in [-0.3, -0.25) is 0 Å². The topological polar surface area (TPSA) is 97.6 Å². The van der Waals surface area contributed by atoms with Gasteiger partial charge in [0.05, 0.1) is 42.2 Å². The third-order valence-corrected chi connectivity index (χ3v) is 5.88. The van der Waals surface area contributed by atoms with Crippen molar-refractivity contribution in [2.24, 2.45) is 5.41 Å². The molecule has 0 radical (unpaired) electrons. The molecular weight excluding hydrogens is 412 g/mol. The summed E-state index contributed by atoms with van der Waals surface area (Å²) in [4.78, 5) is 0. The Morgan fingerprint density at radius 3 is 1.72 bits per heavy atom. The Balaban J connectivity index is 4.12. The molecule has 0 saturated carbocycles. The van der Waals surface area contributed by atoms with Crippen LogP contribution in [-0.2, 0) is 18.9 Å². The first-order valence-corrected chi connectivity index (χ1v) is 12.0. The van der Waals surface area contributed by atoms with Crippen LogP contribution in [0.15, 0.2) is 0 Å². The van der Waals surface area contributed by atoms with E-state index in [9.17, 15) is 15.3 Å². The molecule has 3 unspecified atom stereocenters. The van der Waals surface area contributed by atoms with Crippen molar-refractivity contribution in [3.8, 4) is 0 Å². The molecule has 3 N–H and O–H groups in total. The summed E-state index contributed by atoms with van der Waals surface area (Å²) >= 11 is 0. The first kappa shape index (κ1) is 31.7. The number of hydrogen-bond acceptors (Lipinski definition) is 7. The van der Waals surface area contributed by atoms with Gasteiger partial charge in [0.1, 0.15) is 0 Å². The van der Waals surface area contributed by atoms with Crippen LogP contribution in [0.3, 0.4) is 0 Å². The van der Waals surface area contributed by atoms with Gasteiger partial charge in [-0.25, -0.2) is 0 Å². The van der Waals surface area contributed by atoms with Crippen molar-refractivity contribution in [2.75, 3.05) is 26.4 Å². The number of hydrogen-bond donors (Lipinski definition) is 3. The van der Waals surface area contributed by atoms with Crippen LogP contribution in [0, 0.1) is 5.41 Å². The predicted octanol–water partition coefficient (Wildman–Crippen LogP) is 4.06. The molecule has 0 aliphatic rings. The van der Waals surface area contributed by atoms with Crippen LogP contribution in [0.1, 0.15) is 94.9 Å². The van der Waals surface area contributed by atoms with E-state index in [4.69, 9.17) is 18.9 Å². The maximum absolute atomic E-state index is 10.4. The molecule has 0 amide bonds. The molecule has 7 heteroatoms. The second kappa shape index (κ2) is 13.6. The van der Waals surface area contributed by atoms with Gasteiger partial charge in [0.25, 0.3) is 0 Å². The predicted molar refractivity (Wildman–Crippen MR) is 128 cm³/mol. The Bertz CT molecular complexity index is 495. The number of rotatable bonds is 17. The van der Waals surface area contributed by atoms with E-state index in [1.165, 1.54) is 0 Å². The van der Waals surface area contributed by atoms with Crippen molar-refractivity contribution in [2.45, 2.75) is 130 Å². The van der Waals surface area contributed by atoms with Crippen LogP contribution in [0.2, 0.25) is 0 Å². The number of ether oxygens (including phenoxy) is 4. The van der Waals surface area contributed by atoms with Crippen molar-refractivity contribution in [1.82, 2.24) is 0 Å². The highest BCUT2D eigenvalue weighted by Gasteiger charge is 2.30. The molecule has 194 valence electrons. The lowest BCUT2D eigenvalue weighted by Crippen LogP contribution is -2.42. The molecule has 0 bridgehead atoms. The zero-order valence-corrected chi connectivity index (χ0v) is 22.4. The molecule has 7 nitrogen and oxygen atoms in total. The average Bonchev–Trinajstić information content (AvgIpc) is 2.62. The lowest BCUT2D eigenvalue weighted by molar-refractivity contribution is -0.160. The molecule has 0 aromatic heterocycles. The molecule has 0 aliphatic carbocycles. The van der Waals surface area contributed by atoms with Gasteiger partial charge in [0.15, 0.2) is 6.29 Å². The van der Waals surface area contributed by atoms with Gasteiger partial charge >= 0.3 is 0 Å². The molecule has 0 fully saturated rings. The van der Waals surface area contributed by atoms with E-state index in [2.05, 4.69) is 20.8 Å². The zero-order valence-electron chi connectivity index (χ0n) is 22.4. The highest BCUT2D eigenvalue weighted by molar-refractivity contribution is 4.80. The molecule has 0 heterocycles. The van der Waals surface area contributed by atoms with E-state index in [0.29, 0.717) is 32.5 Å². The van der Waals surface area contributed by atoms with Crippen molar-refractivity contribution in [1.29, 1.82) is 0 Å². The van der Waals surface area contributed by atoms with Crippen LogP contribution >= 0.6 is 0 Å². The first-order chi connectivity index (χ1) is 14.4. The van der Waals surface area contributed by atoms with E-state index in [-0.39, 0.29) is 24.2 Å². The lowest BCUT2D eigenvalue weighted by atomic mass is 9.93. The summed E-state index contributed by atoms with van der Waals surface area (Å²) in [5.41, 5.74) is -1.53. The van der Waals surface area contributed by atoms with Gasteiger partial charge in [-0.05, 0) is 73.1 Å². The Hall–Kier alpha value is -0.280. The van der Waals surface area contributed by atoms with Gasteiger partial charge in [-0.1, -0.05) is 20.8 Å². The maximum atomic E-state index is 10.4. The summed E-state index contributed by atoms with van der Waals surface area (Å²) in [6.07, 6.45) is 0.317. The van der Waals surface area contributed by atoms with Crippen LogP contribution in [-0.4, -0.2) is 77.0 Å². The van der Waals surface area contributed by atoms with E-state index in [0.717, 1.165) is 6.42 Å². The van der Waals surface area contributed by atoms with E-state index in [1.54, 1.807) is 6.92 Å². The Morgan fingerprint density at radius 1 is 0.625 bits per heavy atom. The number of aliphatic hydroxyl groups excluding tert-OH is 3. The smallest absolute Gasteiger partial charge is 0.154 e. The molecule has 0 aliphatic heterocycles. The highest BCUT2D eigenvalue weighted by Crippen LogP contribution is 2.24. The Morgan fingerprint density at radius 2 is 1.19 bits per heavy atom. The molecule has 0 aromatic carbocycles. The van der Waals surface area contributed by atoms with Gasteiger partial charge in [0.2, 0.25) is 0 Å². The van der Waals surface area contributed by atoms with Crippen LogP contribution in [0.5, 0.6) is 0 Å². The summed E-state index contributed by atoms with van der Waals surface area (Å²) in [6.45, 7) is 21.1. The van der Waals surface area contributed by atoms with Crippen molar-refractivity contribution in [3.05, 3.63) is 0 Å². The van der Waals surface area contributed by atoms with Gasteiger partial charge in [-0.15, -0.1) is 0 Å². The van der Waals surface area contributed by atoms with E-state index in [1.807, 2.05) is 41.5 Å². The van der Waals surface area contributed by atoms with E-state index < -0.39 is 29.7 Å². The molecule has 3 atom stereocenters. The third kappa shape index (κ3) is 14.8. The SMILES string of the molecule is CC(O)C(C)(C)OCCC(O)C(C)(C)OCCOC(O)CCC(C)(C)OCCC(C)(C)C. The maximum Gasteiger partial charge on any atom is 0.154 e. The van der Waals surface area contributed by atoms with Gasteiger partial charge < -0.3 is 34.3 Å². The Labute approximate surface area is 196 Å². The van der Waals surface area contributed by atoms with Gasteiger partial charge in [0, 0.05) is 19.6 Å². The summed E-state index contributed by atoms with van der Waals surface area (Å²) in [7, 11) is 0. The molecule has 0 spiro atoms.